The van der Waals surface area contributed by atoms with Gasteiger partial charge in [0.05, 0.1) is 0 Å². The van der Waals surface area contributed by atoms with Gasteiger partial charge >= 0.3 is 5.97 Å². The van der Waals surface area contributed by atoms with Gasteiger partial charge in [-0.25, -0.2) is 0 Å². The molecule has 1 aromatic carbocycles. The second-order valence-corrected chi connectivity index (χ2v) is 11.7. The summed E-state index contributed by atoms with van der Waals surface area (Å²) in [7, 11) is -0.427. The highest BCUT2D eigenvalue weighted by Crippen LogP contribution is 2.40. The van der Waals surface area contributed by atoms with Crippen molar-refractivity contribution >= 4 is 14.8 Å². The predicted octanol–water partition coefficient (Wildman–Crippen LogP) is 6.12. The van der Waals surface area contributed by atoms with Gasteiger partial charge in [0.1, 0.15) is 5.75 Å². The molecule has 1 radical (unpaired) electrons. The van der Waals surface area contributed by atoms with Crippen molar-refractivity contribution in [2.45, 2.75) is 86.4 Å². The topological polar surface area (TPSA) is 26.3 Å². The fourth-order valence-electron chi connectivity index (χ4n) is 3.00. The highest BCUT2D eigenvalue weighted by atomic mass is 28.3. The average molecular weight is 360 g/mol. The van der Waals surface area contributed by atoms with Crippen molar-refractivity contribution in [2.75, 3.05) is 0 Å². The molecule has 3 heteroatoms. The fraction of sp³-hybridized carbons (Fsp3) is 0.591. The van der Waals surface area contributed by atoms with Gasteiger partial charge < -0.3 is 4.74 Å². The minimum atomic E-state index is -0.427. The van der Waals surface area contributed by atoms with E-state index in [1.165, 1.54) is 29.2 Å². The molecule has 0 bridgehead atoms. The van der Waals surface area contributed by atoms with Crippen LogP contribution in [-0.4, -0.2) is 14.8 Å². The van der Waals surface area contributed by atoms with E-state index < -0.39 is 8.80 Å². The monoisotopic (exact) mass is 359 g/mol. The lowest BCUT2D eigenvalue weighted by atomic mass is 9.85. The Bertz CT molecular complexity index is 678. The summed E-state index contributed by atoms with van der Waals surface area (Å²) in [5.41, 5.74) is 7.57. The van der Waals surface area contributed by atoms with Crippen molar-refractivity contribution in [1.29, 1.82) is 0 Å². The number of allylic oxidation sites excluding steroid dienone is 2. The van der Waals surface area contributed by atoms with Gasteiger partial charge in [-0.3, -0.25) is 4.79 Å². The van der Waals surface area contributed by atoms with Crippen LogP contribution in [0.4, 0.5) is 0 Å². The summed E-state index contributed by atoms with van der Waals surface area (Å²) in [6, 6.07) is 0. The van der Waals surface area contributed by atoms with E-state index in [1.807, 2.05) is 0 Å². The zero-order valence-corrected chi connectivity index (χ0v) is 18.8. The van der Waals surface area contributed by atoms with Crippen molar-refractivity contribution in [3.63, 3.8) is 0 Å². The molecule has 0 aliphatic rings. The lowest BCUT2D eigenvalue weighted by Gasteiger charge is -2.31. The number of hydrogen-bond acceptors (Lipinski definition) is 2. The molecule has 0 unspecified atom stereocenters. The molecule has 0 N–H and O–H groups in total. The number of hydrogen-bond donors (Lipinski definition) is 0. The van der Waals surface area contributed by atoms with Crippen molar-refractivity contribution in [3.05, 3.63) is 39.5 Å². The van der Waals surface area contributed by atoms with Gasteiger partial charge in [-0.2, -0.15) is 0 Å². The second-order valence-electron chi connectivity index (χ2n) is 8.30. The SMILES string of the molecule is CC(=O)Oc1c(C)c(C)c(CC(C)(C)[Si](C)C)c(CC=C(C)C)c1C. The highest BCUT2D eigenvalue weighted by molar-refractivity contribution is 6.59. The first-order valence-corrected chi connectivity index (χ1v) is 11.6. The van der Waals surface area contributed by atoms with E-state index in [4.69, 9.17) is 4.74 Å². The van der Waals surface area contributed by atoms with Crippen LogP contribution in [0.5, 0.6) is 5.75 Å². The van der Waals surface area contributed by atoms with Crippen LogP contribution >= 0.6 is 0 Å². The van der Waals surface area contributed by atoms with Crippen molar-refractivity contribution in [3.8, 4) is 5.75 Å². The highest BCUT2D eigenvalue weighted by Gasteiger charge is 2.28. The maximum absolute atomic E-state index is 11.6. The smallest absolute Gasteiger partial charge is 0.308 e. The zero-order valence-electron chi connectivity index (χ0n) is 17.8. The normalized spacial score (nSPS) is 11.6. The molecule has 0 aromatic heterocycles. The molecule has 0 aliphatic carbocycles. The lowest BCUT2D eigenvalue weighted by molar-refractivity contribution is -0.131. The third kappa shape index (κ3) is 5.31. The third-order valence-electron chi connectivity index (χ3n) is 5.45. The molecular formula is C22H35O2Si. The number of rotatable bonds is 6. The van der Waals surface area contributed by atoms with Gasteiger partial charge in [-0.15, -0.1) is 0 Å². The summed E-state index contributed by atoms with van der Waals surface area (Å²) in [6.07, 6.45) is 4.24. The van der Waals surface area contributed by atoms with Gasteiger partial charge in [0.25, 0.3) is 0 Å². The van der Waals surface area contributed by atoms with Gasteiger partial charge in [-0.05, 0) is 80.3 Å². The Kier molecular flexibility index (Phi) is 7.25. The summed E-state index contributed by atoms with van der Waals surface area (Å²) in [5, 5.41) is 0.316. The van der Waals surface area contributed by atoms with Gasteiger partial charge in [0.15, 0.2) is 0 Å². The summed E-state index contributed by atoms with van der Waals surface area (Å²) in [4.78, 5) is 11.6. The summed E-state index contributed by atoms with van der Waals surface area (Å²) in [6.45, 7) is 21.6. The van der Waals surface area contributed by atoms with Crippen LogP contribution in [-0.2, 0) is 17.6 Å². The zero-order chi connectivity index (χ0) is 19.5. The number of esters is 1. The molecular weight excluding hydrogens is 324 g/mol. The first-order valence-electron chi connectivity index (χ1n) is 9.12. The summed E-state index contributed by atoms with van der Waals surface area (Å²) in [5.74, 6) is 0.502. The van der Waals surface area contributed by atoms with Crippen LogP contribution in [0.15, 0.2) is 11.6 Å². The summed E-state index contributed by atoms with van der Waals surface area (Å²) < 4.78 is 5.58. The number of ether oxygens (including phenoxy) is 1. The predicted molar refractivity (Wildman–Crippen MR) is 110 cm³/mol. The van der Waals surface area contributed by atoms with Crippen LogP contribution in [0.3, 0.4) is 0 Å². The van der Waals surface area contributed by atoms with Crippen molar-refractivity contribution in [1.82, 2.24) is 0 Å². The third-order valence-corrected chi connectivity index (χ3v) is 8.33. The Balaban J connectivity index is 3.62. The lowest BCUT2D eigenvalue weighted by Crippen LogP contribution is -2.25. The van der Waals surface area contributed by atoms with E-state index in [0.29, 0.717) is 5.04 Å². The largest absolute Gasteiger partial charge is 0.426 e. The molecule has 0 saturated heterocycles. The Labute approximate surface area is 156 Å². The Morgan fingerprint density at radius 3 is 2.00 bits per heavy atom. The number of carbonyl (C=O) groups excluding carboxylic acids is 1. The van der Waals surface area contributed by atoms with E-state index in [9.17, 15) is 4.79 Å². The molecule has 0 aliphatic heterocycles. The maximum atomic E-state index is 11.6. The van der Waals surface area contributed by atoms with E-state index in [1.54, 1.807) is 0 Å². The van der Waals surface area contributed by atoms with Gasteiger partial charge in [-0.1, -0.05) is 38.6 Å². The van der Waals surface area contributed by atoms with Crippen molar-refractivity contribution in [2.24, 2.45) is 0 Å². The minimum Gasteiger partial charge on any atom is -0.426 e. The van der Waals surface area contributed by atoms with Gasteiger partial charge in [0.2, 0.25) is 0 Å². The minimum absolute atomic E-state index is 0.251. The fourth-order valence-corrected chi connectivity index (χ4v) is 3.54. The molecule has 0 amide bonds. The standard InChI is InChI=1S/C22H35O2Si/c1-14(2)11-12-19-17(5)21(24-18(6)23)16(4)15(3)20(19)13-22(7,8)25(9)10/h11H,12-13H2,1-10H3. The number of carbonyl (C=O) groups is 1. The van der Waals surface area contributed by atoms with Crippen LogP contribution < -0.4 is 4.74 Å². The first kappa shape index (κ1) is 21.7. The molecule has 0 atom stereocenters. The molecule has 0 heterocycles. The van der Waals surface area contributed by atoms with E-state index in [2.05, 4.69) is 67.6 Å². The Morgan fingerprint density at radius 1 is 1.00 bits per heavy atom. The Hall–Kier alpha value is -1.35. The molecule has 1 aromatic rings. The van der Waals surface area contributed by atoms with Crippen LogP contribution in [0.25, 0.3) is 0 Å². The molecule has 0 spiro atoms. The van der Waals surface area contributed by atoms with E-state index in [0.717, 1.165) is 29.7 Å². The van der Waals surface area contributed by atoms with Crippen LogP contribution in [0.2, 0.25) is 18.1 Å². The van der Waals surface area contributed by atoms with Crippen LogP contribution in [0, 0.1) is 20.8 Å². The molecule has 139 valence electrons. The molecule has 0 saturated carbocycles. The maximum Gasteiger partial charge on any atom is 0.308 e. The molecule has 0 fully saturated rings. The molecule has 1 rings (SSSR count). The first-order chi connectivity index (χ1) is 11.4. The average Bonchev–Trinajstić information content (AvgIpc) is 2.47. The number of benzene rings is 1. The van der Waals surface area contributed by atoms with E-state index >= 15 is 0 Å². The van der Waals surface area contributed by atoms with Gasteiger partial charge in [0, 0.05) is 15.7 Å². The molecule has 25 heavy (non-hydrogen) atoms. The summed E-state index contributed by atoms with van der Waals surface area (Å²) >= 11 is 0. The van der Waals surface area contributed by atoms with Crippen LogP contribution in [0.1, 0.15) is 62.4 Å². The molecule has 2 nitrogen and oxygen atoms in total. The Morgan fingerprint density at radius 2 is 1.56 bits per heavy atom. The second kappa shape index (κ2) is 8.35. The van der Waals surface area contributed by atoms with Crippen molar-refractivity contribution < 1.29 is 9.53 Å². The van der Waals surface area contributed by atoms with E-state index in [-0.39, 0.29) is 5.97 Å². The quantitative estimate of drug-likeness (QED) is 0.264.